The van der Waals surface area contributed by atoms with Gasteiger partial charge in [0.1, 0.15) is 0 Å². The zero-order valence-corrected chi connectivity index (χ0v) is 12.9. The van der Waals surface area contributed by atoms with Crippen LogP contribution < -0.4 is 5.32 Å². The number of hydrogen-bond donors (Lipinski definition) is 1. The van der Waals surface area contributed by atoms with Gasteiger partial charge in [0.05, 0.1) is 12.7 Å². The summed E-state index contributed by atoms with van der Waals surface area (Å²) in [5.41, 5.74) is 4.84. The van der Waals surface area contributed by atoms with Crippen molar-refractivity contribution in [1.29, 1.82) is 0 Å². The van der Waals surface area contributed by atoms with Gasteiger partial charge in [-0.1, -0.05) is 35.9 Å². The summed E-state index contributed by atoms with van der Waals surface area (Å²) >= 11 is 0. The van der Waals surface area contributed by atoms with Gasteiger partial charge in [-0.25, -0.2) is 4.79 Å². The van der Waals surface area contributed by atoms with Crippen molar-refractivity contribution in [2.45, 2.75) is 26.8 Å². The van der Waals surface area contributed by atoms with Gasteiger partial charge in [-0.2, -0.15) is 0 Å². The van der Waals surface area contributed by atoms with Gasteiger partial charge in [-0.15, -0.1) is 0 Å². The maximum Gasteiger partial charge on any atom is 0.339 e. The van der Waals surface area contributed by atoms with Gasteiger partial charge in [0.15, 0.2) is 0 Å². The fraction of sp³-hybridized carbons (Fsp3) is 0.278. The predicted molar refractivity (Wildman–Crippen MR) is 85.7 cm³/mol. The van der Waals surface area contributed by atoms with Crippen LogP contribution in [0.3, 0.4) is 0 Å². The summed E-state index contributed by atoms with van der Waals surface area (Å²) in [4.78, 5) is 11.9. The standard InChI is InChI=1S/C18H21NO2/c1-12-9-10-17(16(11-12)18(20)21-4)19-14(3)15-8-6-5-7-13(15)2/h5-11,14,19H,1-4H3. The Morgan fingerprint density at radius 2 is 1.86 bits per heavy atom. The van der Waals surface area contributed by atoms with Crippen molar-refractivity contribution in [3.05, 3.63) is 64.7 Å². The van der Waals surface area contributed by atoms with Gasteiger partial charge in [-0.05, 0) is 44.0 Å². The Kier molecular flexibility index (Phi) is 4.63. The number of carbonyl (C=O) groups excluding carboxylic acids is 1. The number of rotatable bonds is 4. The molecule has 21 heavy (non-hydrogen) atoms. The molecule has 110 valence electrons. The molecule has 0 bridgehead atoms. The molecule has 2 rings (SSSR count). The zero-order chi connectivity index (χ0) is 15.4. The number of ether oxygens (including phenoxy) is 1. The van der Waals surface area contributed by atoms with E-state index in [0.717, 1.165) is 11.3 Å². The van der Waals surface area contributed by atoms with Crippen LogP contribution in [-0.4, -0.2) is 13.1 Å². The van der Waals surface area contributed by atoms with Crippen molar-refractivity contribution in [3.63, 3.8) is 0 Å². The molecule has 2 aromatic carbocycles. The number of hydrogen-bond acceptors (Lipinski definition) is 3. The van der Waals surface area contributed by atoms with Crippen LogP contribution in [0.1, 0.15) is 40.0 Å². The quantitative estimate of drug-likeness (QED) is 0.852. The van der Waals surface area contributed by atoms with Gasteiger partial charge in [0, 0.05) is 11.7 Å². The molecule has 0 amide bonds. The molecule has 0 heterocycles. The van der Waals surface area contributed by atoms with Crippen LogP contribution in [0.4, 0.5) is 5.69 Å². The molecule has 0 fully saturated rings. The first-order chi connectivity index (χ1) is 10.0. The predicted octanol–water partition coefficient (Wildman–Crippen LogP) is 4.26. The lowest BCUT2D eigenvalue weighted by Gasteiger charge is -2.19. The average Bonchev–Trinajstić information content (AvgIpc) is 2.48. The highest BCUT2D eigenvalue weighted by atomic mass is 16.5. The number of esters is 1. The third kappa shape index (κ3) is 3.43. The molecule has 0 aromatic heterocycles. The molecule has 0 aliphatic carbocycles. The second-order valence-corrected chi connectivity index (χ2v) is 5.26. The third-order valence-electron chi connectivity index (χ3n) is 3.61. The van der Waals surface area contributed by atoms with E-state index in [1.54, 1.807) is 0 Å². The van der Waals surface area contributed by atoms with Crippen molar-refractivity contribution >= 4 is 11.7 Å². The Morgan fingerprint density at radius 3 is 2.52 bits per heavy atom. The first-order valence-electron chi connectivity index (χ1n) is 7.04. The van der Waals surface area contributed by atoms with E-state index < -0.39 is 0 Å². The topological polar surface area (TPSA) is 38.3 Å². The van der Waals surface area contributed by atoms with E-state index in [0.29, 0.717) is 5.56 Å². The summed E-state index contributed by atoms with van der Waals surface area (Å²) < 4.78 is 4.86. The SMILES string of the molecule is COC(=O)c1cc(C)ccc1NC(C)c1ccccc1C. The zero-order valence-electron chi connectivity index (χ0n) is 12.9. The summed E-state index contributed by atoms with van der Waals surface area (Å²) in [6.07, 6.45) is 0. The molecule has 0 spiro atoms. The fourth-order valence-corrected chi connectivity index (χ4v) is 2.45. The molecule has 1 N–H and O–H groups in total. The van der Waals surface area contributed by atoms with Crippen LogP contribution in [0.25, 0.3) is 0 Å². The molecule has 0 radical (unpaired) electrons. The van der Waals surface area contributed by atoms with E-state index in [4.69, 9.17) is 4.74 Å². The molecule has 2 aromatic rings. The summed E-state index contributed by atoms with van der Waals surface area (Å²) in [7, 11) is 1.40. The van der Waals surface area contributed by atoms with Crippen molar-refractivity contribution in [1.82, 2.24) is 0 Å². The normalized spacial score (nSPS) is 11.8. The highest BCUT2D eigenvalue weighted by Gasteiger charge is 2.15. The molecule has 0 aliphatic rings. The monoisotopic (exact) mass is 283 g/mol. The number of nitrogens with one attached hydrogen (secondary N) is 1. The Morgan fingerprint density at radius 1 is 1.14 bits per heavy atom. The Balaban J connectivity index is 2.31. The van der Waals surface area contributed by atoms with Crippen LogP contribution in [0.15, 0.2) is 42.5 Å². The van der Waals surface area contributed by atoms with E-state index in [1.807, 2.05) is 37.3 Å². The maximum atomic E-state index is 11.9. The van der Waals surface area contributed by atoms with Crippen LogP contribution in [0, 0.1) is 13.8 Å². The molecular weight excluding hydrogens is 262 g/mol. The molecule has 1 atom stereocenters. The van der Waals surface area contributed by atoms with Crippen molar-refractivity contribution < 1.29 is 9.53 Å². The van der Waals surface area contributed by atoms with E-state index in [2.05, 4.69) is 31.3 Å². The molecule has 0 aliphatic heterocycles. The van der Waals surface area contributed by atoms with Crippen LogP contribution in [0.5, 0.6) is 0 Å². The molecule has 3 heteroatoms. The summed E-state index contributed by atoms with van der Waals surface area (Å²) in [5, 5.41) is 3.41. The number of methoxy groups -OCH3 is 1. The lowest BCUT2D eigenvalue weighted by atomic mass is 10.0. The second kappa shape index (κ2) is 6.44. The summed E-state index contributed by atoms with van der Waals surface area (Å²) in [6, 6.07) is 14.1. The number of aryl methyl sites for hydroxylation is 2. The lowest BCUT2D eigenvalue weighted by Crippen LogP contribution is -2.12. The van der Waals surface area contributed by atoms with Crippen molar-refractivity contribution in [3.8, 4) is 0 Å². The Labute approximate surface area is 126 Å². The van der Waals surface area contributed by atoms with Crippen LogP contribution in [0.2, 0.25) is 0 Å². The number of carbonyl (C=O) groups is 1. The van der Waals surface area contributed by atoms with E-state index in [9.17, 15) is 4.79 Å². The largest absolute Gasteiger partial charge is 0.465 e. The summed E-state index contributed by atoms with van der Waals surface area (Å²) in [5.74, 6) is -0.321. The molecular formula is C18H21NO2. The van der Waals surface area contributed by atoms with Gasteiger partial charge < -0.3 is 10.1 Å². The number of benzene rings is 2. The minimum absolute atomic E-state index is 0.109. The Bertz CT molecular complexity index is 649. The molecule has 3 nitrogen and oxygen atoms in total. The average molecular weight is 283 g/mol. The Hall–Kier alpha value is -2.29. The minimum Gasteiger partial charge on any atom is -0.465 e. The number of anilines is 1. The van der Waals surface area contributed by atoms with Crippen molar-refractivity contribution in [2.24, 2.45) is 0 Å². The molecule has 0 saturated carbocycles. The van der Waals surface area contributed by atoms with E-state index in [-0.39, 0.29) is 12.0 Å². The maximum absolute atomic E-state index is 11.9. The van der Waals surface area contributed by atoms with Gasteiger partial charge in [-0.3, -0.25) is 0 Å². The van der Waals surface area contributed by atoms with Gasteiger partial charge in [0.2, 0.25) is 0 Å². The molecule has 0 saturated heterocycles. The highest BCUT2D eigenvalue weighted by Crippen LogP contribution is 2.25. The van der Waals surface area contributed by atoms with E-state index in [1.165, 1.54) is 18.2 Å². The third-order valence-corrected chi connectivity index (χ3v) is 3.61. The molecule has 1 unspecified atom stereocenters. The van der Waals surface area contributed by atoms with Crippen molar-refractivity contribution in [2.75, 3.05) is 12.4 Å². The first kappa shape index (κ1) is 15.1. The smallest absolute Gasteiger partial charge is 0.339 e. The fourth-order valence-electron chi connectivity index (χ4n) is 2.45. The lowest BCUT2D eigenvalue weighted by molar-refractivity contribution is 0.0601. The van der Waals surface area contributed by atoms with Crippen LogP contribution >= 0.6 is 0 Å². The van der Waals surface area contributed by atoms with E-state index >= 15 is 0 Å². The second-order valence-electron chi connectivity index (χ2n) is 5.26. The highest BCUT2D eigenvalue weighted by molar-refractivity contribution is 5.95. The minimum atomic E-state index is -0.321. The first-order valence-corrected chi connectivity index (χ1v) is 7.04. The van der Waals surface area contributed by atoms with Crippen LogP contribution in [-0.2, 0) is 4.74 Å². The van der Waals surface area contributed by atoms with Gasteiger partial charge >= 0.3 is 5.97 Å². The summed E-state index contributed by atoms with van der Waals surface area (Å²) in [6.45, 7) is 6.13. The van der Waals surface area contributed by atoms with Gasteiger partial charge in [0.25, 0.3) is 0 Å².